The van der Waals surface area contributed by atoms with Crippen LogP contribution in [0.3, 0.4) is 0 Å². The van der Waals surface area contributed by atoms with Gasteiger partial charge in [-0.1, -0.05) is 125 Å². The van der Waals surface area contributed by atoms with E-state index in [-0.39, 0.29) is 104 Å². The van der Waals surface area contributed by atoms with Crippen molar-refractivity contribution in [3.8, 4) is 166 Å². The average molecular weight is 1970 g/mol. The van der Waals surface area contributed by atoms with Gasteiger partial charge in [-0.15, -0.1) is 25.5 Å². The van der Waals surface area contributed by atoms with E-state index in [0.29, 0.717) is 81.6 Å². The van der Waals surface area contributed by atoms with E-state index in [1.54, 1.807) is 158 Å². The van der Waals surface area contributed by atoms with Crippen molar-refractivity contribution in [3.63, 3.8) is 0 Å². The Bertz CT molecular complexity index is 8220. The Kier molecular flexibility index (Phi) is 27.0. The standard InChI is InChI=1S/C21H17F3N6O.C20H15FN6O2.C19H15F3N6O.2C19H11FN6O2/c22-13-7-8-15(23)14(11-13)20-25-21(31-27-20)19-18(12-29-9-3-4-10-29)30(28-26-19)17-6-2-1-5-16(17)24;1-28-11-17-18(24-26-27(17)16-8-3-2-6-14(16)21)20-23-19(25-29-20)13-5-4-7-15-12(13)9-10-22-15;1-27(2)10-16-17(24-26-28(16)15-6-4-3-5-14(15)22)19-23-18(25-29-19)12-9-11(20)7-8-13(12)21;20-13-4-1-2-5-14(13)26-17(12-7-9-21-10-8-12)16(23-25-26)19-22-18(24-28-19)15-6-3-11-27-15;20-14-3-1-2-4-15(14)26-17(12-5-8-21-9-6-12)16(23-25-26)19-22-18(24-28-19)13-7-10-27-11-13/h1-2,5-8,11H,3-4,9-10,12H2;2-10,22H,11H2,1H3;3-9H,10H2,1-2H3;2*1-11H. The summed E-state index contributed by atoms with van der Waals surface area (Å²) in [5, 5.41) is 61.7. The van der Waals surface area contributed by atoms with Crippen LogP contribution in [0.4, 0.5) is 39.5 Å². The second kappa shape index (κ2) is 41.9. The van der Waals surface area contributed by atoms with Crippen molar-refractivity contribution in [3.05, 3.63) is 344 Å². The number of aromatic amines is 1. The molecule has 1 aliphatic heterocycles. The summed E-state index contributed by atoms with van der Waals surface area (Å²) in [4.78, 5) is 36.8. The van der Waals surface area contributed by atoms with E-state index >= 15 is 0 Å². The van der Waals surface area contributed by atoms with Gasteiger partial charge in [0, 0.05) is 78.8 Å². The smallest absolute Gasteiger partial charge is 0.281 e. The largest absolute Gasteiger partial charge is 0.472 e. The van der Waals surface area contributed by atoms with Crippen LogP contribution < -0.4 is 0 Å². The van der Waals surface area contributed by atoms with Crippen LogP contribution in [-0.4, -0.2) is 185 Å². The Labute approximate surface area is 809 Å². The number of aromatic nitrogens is 28. The number of para-hydroxylation sites is 5. The third kappa shape index (κ3) is 19.9. The highest BCUT2D eigenvalue weighted by atomic mass is 19.2. The molecule has 145 heavy (non-hydrogen) atoms. The minimum atomic E-state index is -0.692. The minimum absolute atomic E-state index is 0.00422. The SMILES string of the molecule is CN(C)Cc1c(-c2nc(-c3cc(F)ccc3F)no2)nnn1-c1ccccc1F.COCc1c(-c2nc(-c3cccc4[nH]ccc34)no2)nnn1-c1ccccc1F.Fc1ccc(F)c(-c2noc(-c3nnn(-c4ccccc4F)c3CN3CCCC3)n2)c1.Fc1ccccc1-n1nnc(-c2nc(-c3ccco3)no2)c1-c1ccncc1.Fc1ccccc1-n1nnc(-c2nc(-c3ccoc3)no2)c1-c1ccncc1. The highest BCUT2D eigenvalue weighted by Crippen LogP contribution is 2.39. The Morgan fingerprint density at radius 1 is 0.366 bits per heavy atom. The lowest BCUT2D eigenvalue weighted by Gasteiger charge is -2.16. The molecular formula is C98H69F9N30O8. The quantitative estimate of drug-likeness (QED) is 0.0581. The van der Waals surface area contributed by atoms with Crippen LogP contribution in [0.5, 0.6) is 0 Å². The normalized spacial score (nSPS) is 11.9. The number of hydrogen-bond acceptors (Lipinski definition) is 32. The van der Waals surface area contributed by atoms with E-state index in [1.165, 1.54) is 79.6 Å². The van der Waals surface area contributed by atoms with Gasteiger partial charge in [0.25, 0.3) is 29.5 Å². The van der Waals surface area contributed by atoms with Crippen molar-refractivity contribution in [2.45, 2.75) is 32.5 Å². The number of benzene rings is 8. The first-order chi connectivity index (χ1) is 70.9. The lowest BCUT2D eigenvalue weighted by atomic mass is 10.1. The van der Waals surface area contributed by atoms with Crippen LogP contribution in [0.25, 0.3) is 177 Å². The summed E-state index contributed by atoms with van der Waals surface area (Å²) in [5.41, 5.74) is 8.92. The number of pyridine rings is 2. The molecule has 1 fully saturated rings. The molecule has 0 radical (unpaired) electrons. The second-order valence-electron chi connectivity index (χ2n) is 31.8. The summed E-state index contributed by atoms with van der Waals surface area (Å²) >= 11 is 0. The van der Waals surface area contributed by atoms with Crippen molar-refractivity contribution in [1.82, 2.24) is 150 Å². The van der Waals surface area contributed by atoms with Gasteiger partial charge in [-0.3, -0.25) is 14.9 Å². The van der Waals surface area contributed by atoms with Crippen molar-refractivity contribution < 1.29 is 75.7 Å². The number of likely N-dealkylation sites (tertiary alicyclic amines) is 1. The third-order valence-corrected chi connectivity index (χ3v) is 22.1. The molecule has 1 aliphatic rings. The lowest BCUT2D eigenvalue weighted by Crippen LogP contribution is -2.21. The molecule has 722 valence electrons. The van der Waals surface area contributed by atoms with Crippen LogP contribution in [0.1, 0.15) is 29.9 Å². The molecule has 0 aliphatic carbocycles. The van der Waals surface area contributed by atoms with E-state index in [9.17, 15) is 39.5 Å². The zero-order chi connectivity index (χ0) is 99.6. The fourth-order valence-corrected chi connectivity index (χ4v) is 15.4. The molecule has 16 heterocycles. The first-order valence-corrected chi connectivity index (χ1v) is 43.8. The molecule has 1 N–H and O–H groups in total. The number of H-pyrrole nitrogens is 1. The van der Waals surface area contributed by atoms with Gasteiger partial charge in [0.2, 0.25) is 29.1 Å². The molecule has 47 heteroatoms. The summed E-state index contributed by atoms with van der Waals surface area (Å²) in [5.74, 6) is -3.13. The van der Waals surface area contributed by atoms with Crippen molar-refractivity contribution in [1.29, 1.82) is 0 Å². The molecule has 0 atom stereocenters. The van der Waals surface area contributed by atoms with Crippen LogP contribution in [0, 0.1) is 52.4 Å². The highest BCUT2D eigenvalue weighted by molar-refractivity contribution is 5.93. The van der Waals surface area contributed by atoms with Crippen molar-refractivity contribution in [2.24, 2.45) is 0 Å². The predicted octanol–water partition coefficient (Wildman–Crippen LogP) is 18.8. The predicted molar refractivity (Wildman–Crippen MR) is 496 cm³/mol. The van der Waals surface area contributed by atoms with Gasteiger partial charge >= 0.3 is 0 Å². The number of halogens is 9. The van der Waals surface area contributed by atoms with Gasteiger partial charge in [-0.05, 0) is 192 Å². The van der Waals surface area contributed by atoms with E-state index in [0.717, 1.165) is 89.9 Å². The summed E-state index contributed by atoms with van der Waals surface area (Å²) < 4.78 is 176. The summed E-state index contributed by atoms with van der Waals surface area (Å²) in [6.07, 6.45) is 15.0. The number of nitrogens with one attached hydrogen (secondary N) is 1. The average Bonchev–Trinajstić information content (AvgIpc) is 1.65. The molecular weight excluding hydrogens is 1900 g/mol. The van der Waals surface area contributed by atoms with E-state index in [1.807, 2.05) is 49.5 Å². The Balaban J connectivity index is 0.000000110. The topological polar surface area (TPSA) is 432 Å². The molecule has 0 saturated carbocycles. The summed E-state index contributed by atoms with van der Waals surface area (Å²) in [6, 6.07) is 57.2. The number of hydrogen-bond donors (Lipinski definition) is 1. The lowest BCUT2D eigenvalue weighted by molar-refractivity contribution is 0.179. The Morgan fingerprint density at radius 2 is 0.772 bits per heavy atom. The van der Waals surface area contributed by atoms with Crippen LogP contribution in [0.15, 0.2) is 306 Å². The van der Waals surface area contributed by atoms with Crippen LogP contribution >= 0.6 is 0 Å². The van der Waals surface area contributed by atoms with Crippen LogP contribution in [0.2, 0.25) is 0 Å². The molecule has 0 spiro atoms. The number of rotatable bonds is 23. The number of methoxy groups -OCH3 is 1. The van der Waals surface area contributed by atoms with Gasteiger partial charge in [0.15, 0.2) is 34.2 Å². The minimum Gasteiger partial charge on any atom is -0.472 e. The number of ether oxygens (including phenoxy) is 1. The van der Waals surface area contributed by atoms with Crippen LogP contribution in [-0.2, 0) is 24.4 Å². The first kappa shape index (κ1) is 93.5. The Morgan fingerprint density at radius 3 is 1.23 bits per heavy atom. The van der Waals surface area contributed by atoms with Crippen molar-refractivity contribution in [2.75, 3.05) is 34.3 Å². The van der Waals surface area contributed by atoms with Gasteiger partial charge in [-0.2, -0.15) is 24.9 Å². The zero-order valence-corrected chi connectivity index (χ0v) is 75.6. The molecule has 15 aromatic heterocycles. The maximum Gasteiger partial charge on any atom is 0.281 e. The molecule has 0 bridgehead atoms. The Hall–Kier alpha value is -19.2. The maximum atomic E-state index is 14.5. The van der Waals surface area contributed by atoms with Gasteiger partial charge < -0.3 is 46.1 Å². The summed E-state index contributed by atoms with van der Waals surface area (Å²) in [7, 11) is 5.18. The molecule has 38 nitrogen and oxygen atoms in total. The fraction of sp³-hybridized carbons (Fsp3) is 0.102. The van der Waals surface area contributed by atoms with Gasteiger partial charge in [-0.25, -0.2) is 62.9 Å². The van der Waals surface area contributed by atoms with E-state index in [4.69, 9.17) is 36.2 Å². The monoisotopic (exact) mass is 1960 g/mol. The maximum absolute atomic E-state index is 14.5. The third-order valence-electron chi connectivity index (χ3n) is 22.1. The number of nitrogens with zero attached hydrogens (tertiary/aromatic N) is 29. The van der Waals surface area contributed by atoms with Gasteiger partial charge in [0.1, 0.15) is 104 Å². The molecule has 8 aromatic carbocycles. The molecule has 23 aromatic rings. The molecule has 0 amide bonds. The number of fused-ring (bicyclic) bond motifs is 1. The molecule has 24 rings (SSSR count). The first-order valence-electron chi connectivity index (χ1n) is 43.8. The number of furan rings is 2. The molecule has 0 unspecified atom stereocenters. The summed E-state index contributed by atoms with van der Waals surface area (Å²) in [6.45, 7) is 2.71. The highest BCUT2D eigenvalue weighted by Gasteiger charge is 2.33. The van der Waals surface area contributed by atoms with Gasteiger partial charge in [0.05, 0.1) is 47.2 Å². The van der Waals surface area contributed by atoms with Crippen molar-refractivity contribution >= 4 is 10.9 Å². The fourth-order valence-electron chi connectivity index (χ4n) is 15.4. The van der Waals surface area contributed by atoms with E-state index < -0.39 is 52.4 Å². The van der Waals surface area contributed by atoms with E-state index in [2.05, 4.69) is 122 Å². The second-order valence-corrected chi connectivity index (χ2v) is 31.8. The molecule has 1 saturated heterocycles. The zero-order valence-electron chi connectivity index (χ0n) is 75.6.